The van der Waals surface area contributed by atoms with Gasteiger partial charge in [0.15, 0.2) is 5.96 Å². The summed E-state index contributed by atoms with van der Waals surface area (Å²) in [4.78, 5) is 8.92. The van der Waals surface area contributed by atoms with Crippen LogP contribution in [-0.2, 0) is 6.54 Å². The van der Waals surface area contributed by atoms with Gasteiger partial charge in [0.2, 0.25) is 0 Å². The zero-order valence-electron chi connectivity index (χ0n) is 17.0. The molecule has 1 aliphatic rings. The Morgan fingerprint density at radius 2 is 1.72 bits per heavy atom. The van der Waals surface area contributed by atoms with E-state index < -0.39 is 0 Å². The van der Waals surface area contributed by atoms with E-state index in [0.29, 0.717) is 6.54 Å². The summed E-state index contributed by atoms with van der Waals surface area (Å²) < 4.78 is 23.8. The Labute approximate surface area is 188 Å². The monoisotopic (exact) mass is 514 g/mol. The number of anilines is 1. The first kappa shape index (κ1) is 23.1. The molecule has 0 atom stereocenters. The number of guanidine groups is 1. The third-order valence-electron chi connectivity index (χ3n) is 4.91. The van der Waals surface area contributed by atoms with Gasteiger partial charge >= 0.3 is 0 Å². The van der Waals surface area contributed by atoms with Gasteiger partial charge in [-0.05, 0) is 36.4 Å². The van der Waals surface area contributed by atoms with Gasteiger partial charge in [-0.15, -0.1) is 24.0 Å². The number of aliphatic imine (C=N–C) groups is 1. The third kappa shape index (κ3) is 5.88. The van der Waals surface area contributed by atoms with E-state index in [9.17, 15) is 4.39 Å². The van der Waals surface area contributed by atoms with E-state index in [2.05, 4.69) is 20.1 Å². The van der Waals surface area contributed by atoms with Crippen LogP contribution >= 0.6 is 24.0 Å². The quantitative estimate of drug-likeness (QED) is 0.377. The van der Waals surface area contributed by atoms with E-state index in [1.165, 1.54) is 12.1 Å². The van der Waals surface area contributed by atoms with Crippen molar-refractivity contribution >= 4 is 35.6 Å². The van der Waals surface area contributed by atoms with E-state index in [1.54, 1.807) is 21.3 Å². The van der Waals surface area contributed by atoms with Crippen LogP contribution in [0, 0.1) is 5.82 Å². The second kappa shape index (κ2) is 11.1. The molecule has 1 heterocycles. The van der Waals surface area contributed by atoms with Crippen LogP contribution in [0.1, 0.15) is 5.56 Å². The lowest BCUT2D eigenvalue weighted by molar-refractivity contribution is 0.370. The summed E-state index contributed by atoms with van der Waals surface area (Å²) in [5, 5.41) is 3.42. The number of ether oxygens (including phenoxy) is 2. The predicted molar refractivity (Wildman–Crippen MR) is 125 cm³/mol. The molecule has 0 unspecified atom stereocenters. The number of rotatable bonds is 5. The summed E-state index contributed by atoms with van der Waals surface area (Å²) in [6, 6.07) is 12.5. The van der Waals surface area contributed by atoms with Crippen LogP contribution in [-0.4, -0.2) is 58.3 Å². The van der Waals surface area contributed by atoms with Crippen molar-refractivity contribution in [2.45, 2.75) is 6.54 Å². The van der Waals surface area contributed by atoms with Crippen molar-refractivity contribution < 1.29 is 13.9 Å². The minimum atomic E-state index is -0.207. The third-order valence-corrected chi connectivity index (χ3v) is 4.91. The SMILES string of the molecule is CN=C(NCc1ccc(OC)cc1OC)N1CCN(c2ccc(F)cc2)CC1.I. The van der Waals surface area contributed by atoms with Gasteiger partial charge < -0.3 is 24.6 Å². The van der Waals surface area contributed by atoms with Crippen LogP contribution in [0.2, 0.25) is 0 Å². The molecule has 0 aliphatic carbocycles. The number of piperazine rings is 1. The first-order valence-corrected chi connectivity index (χ1v) is 9.31. The summed E-state index contributed by atoms with van der Waals surface area (Å²) >= 11 is 0. The van der Waals surface area contributed by atoms with Crippen molar-refractivity contribution in [3.63, 3.8) is 0 Å². The molecule has 1 N–H and O–H groups in total. The maximum Gasteiger partial charge on any atom is 0.194 e. The number of nitrogens with zero attached hydrogens (tertiary/aromatic N) is 3. The number of halogens is 2. The molecule has 2 aromatic carbocycles. The second-order valence-corrected chi connectivity index (χ2v) is 6.53. The molecule has 0 aromatic heterocycles. The average molecular weight is 514 g/mol. The van der Waals surface area contributed by atoms with Gasteiger partial charge in [-0.25, -0.2) is 4.39 Å². The summed E-state index contributed by atoms with van der Waals surface area (Å²) in [5.74, 6) is 2.20. The van der Waals surface area contributed by atoms with Crippen molar-refractivity contribution in [2.24, 2.45) is 4.99 Å². The highest BCUT2D eigenvalue weighted by molar-refractivity contribution is 14.0. The van der Waals surface area contributed by atoms with Crippen molar-refractivity contribution in [3.8, 4) is 11.5 Å². The van der Waals surface area contributed by atoms with Crippen molar-refractivity contribution in [1.82, 2.24) is 10.2 Å². The molecular formula is C21H28FIN4O2. The van der Waals surface area contributed by atoms with Crippen molar-refractivity contribution in [1.29, 1.82) is 0 Å². The van der Waals surface area contributed by atoms with Crippen LogP contribution < -0.4 is 19.7 Å². The van der Waals surface area contributed by atoms with Crippen molar-refractivity contribution in [2.75, 3.05) is 52.3 Å². The van der Waals surface area contributed by atoms with E-state index in [1.807, 2.05) is 30.3 Å². The van der Waals surface area contributed by atoms with E-state index in [4.69, 9.17) is 9.47 Å². The molecule has 1 fully saturated rings. The molecule has 0 bridgehead atoms. The molecule has 0 spiro atoms. The molecule has 0 saturated carbocycles. The molecule has 3 rings (SSSR count). The van der Waals surface area contributed by atoms with Gasteiger partial charge in [-0.2, -0.15) is 0 Å². The Morgan fingerprint density at radius 3 is 2.31 bits per heavy atom. The zero-order valence-corrected chi connectivity index (χ0v) is 19.4. The van der Waals surface area contributed by atoms with Gasteiger partial charge in [-0.3, -0.25) is 4.99 Å². The average Bonchev–Trinajstić information content (AvgIpc) is 2.75. The highest BCUT2D eigenvalue weighted by atomic mass is 127. The zero-order chi connectivity index (χ0) is 19.9. The van der Waals surface area contributed by atoms with Crippen LogP contribution in [0.3, 0.4) is 0 Å². The van der Waals surface area contributed by atoms with Crippen LogP contribution in [0.5, 0.6) is 11.5 Å². The Kier molecular flexibility index (Phi) is 8.81. The van der Waals surface area contributed by atoms with Crippen LogP contribution in [0.15, 0.2) is 47.5 Å². The maximum absolute atomic E-state index is 13.1. The summed E-state index contributed by atoms with van der Waals surface area (Å²) in [5.41, 5.74) is 2.08. The fraction of sp³-hybridized carbons (Fsp3) is 0.381. The van der Waals surface area contributed by atoms with Gasteiger partial charge in [-0.1, -0.05) is 0 Å². The largest absolute Gasteiger partial charge is 0.497 e. The number of nitrogens with one attached hydrogen (secondary N) is 1. The molecule has 29 heavy (non-hydrogen) atoms. The minimum Gasteiger partial charge on any atom is -0.497 e. The highest BCUT2D eigenvalue weighted by Gasteiger charge is 2.20. The van der Waals surface area contributed by atoms with Crippen molar-refractivity contribution in [3.05, 3.63) is 53.8 Å². The van der Waals surface area contributed by atoms with Gasteiger partial charge in [0, 0.05) is 57.1 Å². The van der Waals surface area contributed by atoms with E-state index in [0.717, 1.165) is 54.9 Å². The lowest BCUT2D eigenvalue weighted by Gasteiger charge is -2.37. The molecular weight excluding hydrogens is 486 g/mol. The van der Waals surface area contributed by atoms with Crippen LogP contribution in [0.25, 0.3) is 0 Å². The Morgan fingerprint density at radius 1 is 1.03 bits per heavy atom. The number of hydrogen-bond acceptors (Lipinski definition) is 4. The predicted octanol–water partition coefficient (Wildman–Crippen LogP) is 3.36. The summed E-state index contributed by atoms with van der Waals surface area (Å²) in [7, 11) is 5.09. The van der Waals surface area contributed by atoms with E-state index in [-0.39, 0.29) is 29.8 Å². The van der Waals surface area contributed by atoms with E-state index >= 15 is 0 Å². The van der Waals surface area contributed by atoms with Gasteiger partial charge in [0.05, 0.1) is 14.2 Å². The fourth-order valence-electron chi connectivity index (χ4n) is 3.33. The molecule has 1 saturated heterocycles. The fourth-order valence-corrected chi connectivity index (χ4v) is 3.33. The second-order valence-electron chi connectivity index (χ2n) is 6.53. The Balaban J connectivity index is 0.00000300. The molecule has 158 valence electrons. The standard InChI is InChI=1S/C21H27FN4O2.HI/c1-23-21(24-15-16-4-9-19(27-2)14-20(16)28-3)26-12-10-25(11-13-26)18-7-5-17(22)6-8-18;/h4-9,14H,10-13,15H2,1-3H3,(H,23,24);1H. The normalized spacial score (nSPS) is 14.3. The van der Waals surface area contributed by atoms with Gasteiger partial charge in [0.1, 0.15) is 17.3 Å². The minimum absolute atomic E-state index is 0. The lowest BCUT2D eigenvalue weighted by Crippen LogP contribution is -2.52. The lowest BCUT2D eigenvalue weighted by atomic mass is 10.2. The van der Waals surface area contributed by atoms with Crippen LogP contribution in [0.4, 0.5) is 10.1 Å². The molecule has 0 radical (unpaired) electrons. The molecule has 2 aromatic rings. The molecule has 6 nitrogen and oxygen atoms in total. The summed E-state index contributed by atoms with van der Waals surface area (Å²) in [6.07, 6.45) is 0. The number of hydrogen-bond donors (Lipinski definition) is 1. The maximum atomic E-state index is 13.1. The number of methoxy groups -OCH3 is 2. The molecule has 8 heteroatoms. The first-order valence-electron chi connectivity index (χ1n) is 9.31. The number of benzene rings is 2. The topological polar surface area (TPSA) is 49.3 Å². The first-order chi connectivity index (χ1) is 13.6. The van der Waals surface area contributed by atoms with Gasteiger partial charge in [0.25, 0.3) is 0 Å². The highest BCUT2D eigenvalue weighted by Crippen LogP contribution is 2.24. The molecule has 1 aliphatic heterocycles. The molecule has 0 amide bonds. The smallest absolute Gasteiger partial charge is 0.194 e. The summed E-state index contributed by atoms with van der Waals surface area (Å²) in [6.45, 7) is 4.02. The Hall–Kier alpha value is -2.23. The Bertz CT molecular complexity index is 809.